The summed E-state index contributed by atoms with van der Waals surface area (Å²) < 4.78 is 36.1. The molecule has 0 atom stereocenters. The van der Waals surface area contributed by atoms with Crippen LogP contribution in [0.5, 0.6) is 5.75 Å². The maximum atomic E-state index is 13.1. The van der Waals surface area contributed by atoms with E-state index < -0.39 is 11.7 Å². The zero-order valence-electron chi connectivity index (χ0n) is 13.0. The zero-order valence-corrected chi connectivity index (χ0v) is 13.0. The number of hydrogen-bond donors (Lipinski definition) is 1. The first-order chi connectivity index (χ1) is 11.5. The molecule has 0 aromatic carbocycles. The quantitative estimate of drug-likeness (QED) is 0.809. The number of piperidine rings is 1. The Morgan fingerprint density at radius 3 is 2.75 bits per heavy atom. The van der Waals surface area contributed by atoms with Crippen LogP contribution in [0, 0.1) is 0 Å². The first-order valence-corrected chi connectivity index (χ1v) is 7.77. The monoisotopic (exact) mass is 340 g/mol. The van der Waals surface area contributed by atoms with Gasteiger partial charge in [-0.05, 0) is 18.6 Å². The van der Waals surface area contributed by atoms with Gasteiger partial charge in [-0.2, -0.15) is 0 Å². The maximum absolute atomic E-state index is 13.1. The van der Waals surface area contributed by atoms with Crippen molar-refractivity contribution in [3.63, 3.8) is 0 Å². The van der Waals surface area contributed by atoms with E-state index in [1.54, 1.807) is 12.1 Å². The van der Waals surface area contributed by atoms with Gasteiger partial charge < -0.3 is 9.64 Å². The van der Waals surface area contributed by atoms with Gasteiger partial charge in [-0.15, -0.1) is 0 Å². The van der Waals surface area contributed by atoms with Crippen molar-refractivity contribution in [2.24, 2.45) is 0 Å². The van der Waals surface area contributed by atoms with Crippen LogP contribution in [0.2, 0.25) is 0 Å². The van der Waals surface area contributed by atoms with E-state index in [9.17, 15) is 13.6 Å². The molecule has 0 amide bonds. The third-order valence-corrected chi connectivity index (χ3v) is 3.89. The molecule has 0 spiro atoms. The number of aromatic amines is 1. The number of pyridine rings is 1. The molecule has 1 saturated heterocycles. The summed E-state index contributed by atoms with van der Waals surface area (Å²) in [5, 5.41) is 3.55. The molecule has 1 N–H and O–H groups in total. The van der Waals surface area contributed by atoms with Crippen molar-refractivity contribution < 1.29 is 18.0 Å². The van der Waals surface area contributed by atoms with Crippen molar-refractivity contribution in [1.29, 1.82) is 0 Å². The minimum Gasteiger partial charge on any atom is -0.492 e. The second-order valence-corrected chi connectivity index (χ2v) is 5.72. The number of likely N-dealkylation sites (tertiary alicyclic amines) is 1. The minimum atomic E-state index is -2.51. The largest absolute Gasteiger partial charge is 0.492 e. The number of ether oxygens (including phenoxy) is 1. The third kappa shape index (κ3) is 4.38. The van der Waals surface area contributed by atoms with Crippen LogP contribution in [-0.4, -0.2) is 52.2 Å². The van der Waals surface area contributed by atoms with Crippen molar-refractivity contribution in [2.75, 3.05) is 26.2 Å². The molecular formula is C15H18F2N4O3. The van der Waals surface area contributed by atoms with Gasteiger partial charge in [0, 0.05) is 32.5 Å². The van der Waals surface area contributed by atoms with Crippen molar-refractivity contribution in [1.82, 2.24) is 20.0 Å². The van der Waals surface area contributed by atoms with Crippen molar-refractivity contribution in [3.05, 3.63) is 28.9 Å². The summed E-state index contributed by atoms with van der Waals surface area (Å²) in [6.45, 7) is 2.08. The van der Waals surface area contributed by atoms with Gasteiger partial charge in [-0.1, -0.05) is 5.16 Å². The molecule has 3 rings (SSSR count). The first-order valence-electron chi connectivity index (χ1n) is 7.77. The molecule has 0 unspecified atom stereocenters. The molecular weight excluding hydrogens is 322 g/mol. The van der Waals surface area contributed by atoms with Crippen LogP contribution >= 0.6 is 0 Å². The third-order valence-electron chi connectivity index (χ3n) is 3.89. The molecule has 0 aliphatic carbocycles. The van der Waals surface area contributed by atoms with Gasteiger partial charge in [0.05, 0.1) is 12.8 Å². The molecule has 130 valence electrons. The van der Waals surface area contributed by atoms with Gasteiger partial charge in [0.25, 0.3) is 5.92 Å². The van der Waals surface area contributed by atoms with Crippen molar-refractivity contribution in [3.8, 4) is 17.3 Å². The average molecular weight is 340 g/mol. The molecule has 24 heavy (non-hydrogen) atoms. The lowest BCUT2D eigenvalue weighted by Crippen LogP contribution is -2.40. The summed E-state index contributed by atoms with van der Waals surface area (Å²) in [4.78, 5) is 19.5. The average Bonchev–Trinajstić information content (AvgIpc) is 3.00. The van der Waals surface area contributed by atoms with E-state index in [0.29, 0.717) is 31.1 Å². The Bertz CT molecular complexity index is 704. The summed E-state index contributed by atoms with van der Waals surface area (Å²) in [5.41, 5.74) is 0.474. The molecule has 1 fully saturated rings. The fourth-order valence-corrected chi connectivity index (χ4v) is 2.53. The van der Waals surface area contributed by atoms with Crippen LogP contribution < -0.4 is 10.5 Å². The lowest BCUT2D eigenvalue weighted by Gasteiger charge is -2.31. The van der Waals surface area contributed by atoms with Gasteiger partial charge in [0.1, 0.15) is 11.4 Å². The fraction of sp³-hybridized carbons (Fsp3) is 0.533. The Morgan fingerprint density at radius 2 is 2.12 bits per heavy atom. The summed E-state index contributed by atoms with van der Waals surface area (Å²) in [7, 11) is 0. The highest BCUT2D eigenvalue weighted by atomic mass is 19.3. The Balaban J connectivity index is 1.40. The second kappa shape index (κ2) is 7.08. The Morgan fingerprint density at radius 1 is 1.33 bits per heavy atom. The molecule has 1 aliphatic rings. The number of H-pyrrole nitrogens is 1. The van der Waals surface area contributed by atoms with E-state index >= 15 is 0 Å². The molecule has 2 aromatic heterocycles. The highest BCUT2D eigenvalue weighted by Gasteiger charge is 2.33. The maximum Gasteiger partial charge on any atom is 0.439 e. The van der Waals surface area contributed by atoms with Crippen molar-refractivity contribution in [2.45, 2.75) is 25.2 Å². The number of aromatic nitrogens is 3. The zero-order chi connectivity index (χ0) is 17.0. The Hall–Kier alpha value is -2.29. The molecule has 9 heteroatoms. The van der Waals surface area contributed by atoms with Gasteiger partial charge >= 0.3 is 5.76 Å². The smallest absolute Gasteiger partial charge is 0.439 e. The lowest BCUT2D eigenvalue weighted by atomic mass is 10.1. The van der Waals surface area contributed by atoms with E-state index in [-0.39, 0.29) is 18.7 Å². The van der Waals surface area contributed by atoms with E-state index in [4.69, 9.17) is 4.74 Å². The van der Waals surface area contributed by atoms with E-state index in [1.807, 2.05) is 4.90 Å². The van der Waals surface area contributed by atoms with Gasteiger partial charge in [-0.3, -0.25) is 9.51 Å². The topological polar surface area (TPSA) is 84.3 Å². The highest BCUT2D eigenvalue weighted by molar-refractivity contribution is 5.48. The molecule has 0 saturated carbocycles. The van der Waals surface area contributed by atoms with Crippen LogP contribution in [0.1, 0.15) is 19.3 Å². The van der Waals surface area contributed by atoms with Gasteiger partial charge in [0.15, 0.2) is 0 Å². The van der Waals surface area contributed by atoms with E-state index in [2.05, 4.69) is 19.6 Å². The minimum absolute atomic E-state index is 0.0661. The Kier molecular flexibility index (Phi) is 4.89. The molecule has 7 nitrogen and oxygen atoms in total. The molecule has 3 heterocycles. The number of halogens is 2. The molecule has 1 aliphatic heterocycles. The van der Waals surface area contributed by atoms with E-state index in [0.717, 1.165) is 13.0 Å². The predicted molar refractivity (Wildman–Crippen MR) is 81.1 cm³/mol. The SMILES string of the molecule is O=c1[nH]c(-c2ccc(OCCCN3CCC(F)(F)CC3)cn2)no1. The summed E-state index contributed by atoms with van der Waals surface area (Å²) in [5.74, 6) is -2.29. The number of hydrogen-bond acceptors (Lipinski definition) is 6. The van der Waals surface area contributed by atoms with Gasteiger partial charge in [-0.25, -0.2) is 18.6 Å². The number of rotatable bonds is 6. The van der Waals surface area contributed by atoms with Gasteiger partial charge in [0.2, 0.25) is 5.82 Å². The molecule has 0 bridgehead atoms. The summed E-state index contributed by atoms with van der Waals surface area (Å²) in [6, 6.07) is 3.38. The fourth-order valence-electron chi connectivity index (χ4n) is 2.53. The van der Waals surface area contributed by atoms with Crippen LogP contribution in [0.4, 0.5) is 8.78 Å². The number of alkyl halides is 2. The molecule has 2 aromatic rings. The molecule has 0 radical (unpaired) electrons. The first kappa shape index (κ1) is 16.6. The Labute approximate surface area is 136 Å². The highest BCUT2D eigenvalue weighted by Crippen LogP contribution is 2.27. The summed E-state index contributed by atoms with van der Waals surface area (Å²) >= 11 is 0. The predicted octanol–water partition coefficient (Wildman–Crippen LogP) is 1.92. The standard InChI is InChI=1S/C15H18F2N4O3/c16-15(17)4-7-21(8-5-15)6-1-9-23-11-2-3-12(18-10-11)13-19-14(22)24-20-13/h2-3,10H,1,4-9H2,(H,19,20,22). The normalized spacial score (nSPS) is 17.8. The van der Waals surface area contributed by atoms with Crippen molar-refractivity contribution >= 4 is 0 Å². The number of nitrogens with zero attached hydrogens (tertiary/aromatic N) is 3. The van der Waals surface area contributed by atoms with Crippen LogP contribution in [0.25, 0.3) is 11.5 Å². The second-order valence-electron chi connectivity index (χ2n) is 5.72. The van der Waals surface area contributed by atoms with Crippen LogP contribution in [0.3, 0.4) is 0 Å². The summed E-state index contributed by atoms with van der Waals surface area (Å²) in [6.07, 6.45) is 2.15. The van der Waals surface area contributed by atoms with Crippen LogP contribution in [0.15, 0.2) is 27.6 Å². The number of nitrogens with one attached hydrogen (secondary N) is 1. The lowest BCUT2D eigenvalue weighted by molar-refractivity contribution is -0.0554. The van der Waals surface area contributed by atoms with Crippen LogP contribution in [-0.2, 0) is 0 Å². The van der Waals surface area contributed by atoms with E-state index in [1.165, 1.54) is 6.20 Å².